The fraction of sp³-hybridized carbons (Fsp3) is 0.517. The molecule has 1 aromatic rings. The van der Waals surface area contributed by atoms with Gasteiger partial charge in [-0.05, 0) is 59.2 Å². The van der Waals surface area contributed by atoms with Gasteiger partial charge in [-0.1, -0.05) is 81.3 Å². The van der Waals surface area contributed by atoms with Crippen molar-refractivity contribution >= 4 is 59.5 Å². The van der Waals surface area contributed by atoms with Crippen LogP contribution in [0.15, 0.2) is 45.1 Å². The van der Waals surface area contributed by atoms with Gasteiger partial charge in [0.05, 0.1) is 13.7 Å². The first-order chi connectivity index (χ1) is 16.8. The molecule has 0 spiro atoms. The molecule has 2 heterocycles. The molecule has 0 fully saturated rings. The van der Waals surface area contributed by atoms with Gasteiger partial charge in [-0.15, -0.1) is 23.5 Å². The van der Waals surface area contributed by atoms with Crippen LogP contribution in [-0.4, -0.2) is 32.1 Å². The molecule has 0 bridgehead atoms. The first-order valence-electron chi connectivity index (χ1n) is 12.7. The van der Waals surface area contributed by atoms with Crippen LogP contribution in [0.25, 0.3) is 12.2 Å². The van der Waals surface area contributed by atoms with E-state index >= 15 is 0 Å². The Labute approximate surface area is 231 Å². The van der Waals surface area contributed by atoms with Crippen LogP contribution in [0.3, 0.4) is 0 Å². The molecule has 3 unspecified atom stereocenters. The molecule has 0 N–H and O–H groups in total. The molecule has 0 aliphatic carbocycles. The van der Waals surface area contributed by atoms with Crippen molar-refractivity contribution in [2.75, 3.05) is 13.7 Å². The van der Waals surface area contributed by atoms with Crippen LogP contribution in [0.5, 0.6) is 11.5 Å². The first-order valence-corrected chi connectivity index (χ1v) is 15.2. The molecule has 188 valence electrons. The van der Waals surface area contributed by atoms with Crippen LogP contribution in [0.2, 0.25) is 0 Å². The number of rotatable bonds is 13. The molecule has 1 aromatic carbocycles. The summed E-state index contributed by atoms with van der Waals surface area (Å²) < 4.78 is 13.4. The summed E-state index contributed by atoms with van der Waals surface area (Å²) in [6.45, 7) is 7.67. The zero-order valence-corrected chi connectivity index (χ0v) is 24.7. The summed E-state index contributed by atoms with van der Waals surface area (Å²) in [6.07, 6.45) is 20.1. The second-order valence-corrected chi connectivity index (χ2v) is 13.8. The Hall–Kier alpha value is -0.975. The normalized spacial score (nSPS) is 21.2. The van der Waals surface area contributed by atoms with Crippen LogP contribution in [0.1, 0.15) is 70.4 Å². The van der Waals surface area contributed by atoms with Crippen LogP contribution in [0.4, 0.5) is 0 Å². The quantitative estimate of drug-likeness (QED) is 0.219. The third-order valence-electron chi connectivity index (χ3n) is 6.30. The highest BCUT2D eigenvalue weighted by molar-refractivity contribution is 9.14. The number of methoxy groups -OCH3 is 1. The molecule has 0 saturated heterocycles. The highest BCUT2D eigenvalue weighted by atomic mass is 79.9. The molecule has 2 nitrogen and oxygen atoms in total. The lowest BCUT2D eigenvalue weighted by molar-refractivity contribution is 0.275. The zero-order chi connectivity index (χ0) is 25.2. The first kappa shape index (κ1) is 28.6. The van der Waals surface area contributed by atoms with Crippen LogP contribution in [-0.2, 0) is 0 Å². The molecule has 0 amide bonds. The molecule has 0 aromatic heterocycles. The molecule has 3 atom stereocenters. The molecule has 3 rings (SSSR count). The Morgan fingerprint density at radius 1 is 0.971 bits per heavy atom. The summed E-state index contributed by atoms with van der Waals surface area (Å²) in [7, 11) is 7.67. The van der Waals surface area contributed by atoms with E-state index in [1.807, 2.05) is 11.8 Å². The van der Waals surface area contributed by atoms with Gasteiger partial charge >= 0.3 is 0 Å². The van der Waals surface area contributed by atoms with E-state index in [0.29, 0.717) is 16.4 Å². The van der Waals surface area contributed by atoms with Gasteiger partial charge in [-0.3, -0.25) is 0 Å². The lowest BCUT2D eigenvalue weighted by Gasteiger charge is -2.16. The van der Waals surface area contributed by atoms with Crippen molar-refractivity contribution in [2.45, 2.75) is 69.8 Å². The van der Waals surface area contributed by atoms with Crippen molar-refractivity contribution in [3.8, 4) is 11.5 Å². The summed E-state index contributed by atoms with van der Waals surface area (Å²) in [5, 5.41) is 0.821. The van der Waals surface area contributed by atoms with Gasteiger partial charge in [-0.2, -0.15) is 0 Å². The fourth-order valence-electron chi connectivity index (χ4n) is 4.15. The molecule has 2 aliphatic heterocycles. The van der Waals surface area contributed by atoms with E-state index in [2.05, 4.69) is 85.3 Å². The molecule has 2 aliphatic rings. The van der Waals surface area contributed by atoms with E-state index in [9.17, 15) is 0 Å². The third-order valence-corrected chi connectivity index (χ3v) is 9.32. The predicted octanol–water partition coefficient (Wildman–Crippen LogP) is 9.21. The van der Waals surface area contributed by atoms with Crippen molar-refractivity contribution < 1.29 is 9.47 Å². The van der Waals surface area contributed by atoms with Crippen LogP contribution >= 0.6 is 39.5 Å². The maximum Gasteiger partial charge on any atom is 0.127 e. The topological polar surface area (TPSA) is 18.5 Å². The molecule has 35 heavy (non-hydrogen) atoms. The van der Waals surface area contributed by atoms with Crippen molar-refractivity contribution in [1.82, 2.24) is 0 Å². The van der Waals surface area contributed by atoms with Crippen molar-refractivity contribution in [1.29, 1.82) is 0 Å². The minimum atomic E-state index is 0.376. The van der Waals surface area contributed by atoms with E-state index in [1.165, 1.54) is 23.1 Å². The van der Waals surface area contributed by atoms with E-state index in [4.69, 9.17) is 17.3 Å². The average Bonchev–Trinajstić information content (AvgIpc) is 3.43. The number of halogens is 1. The van der Waals surface area contributed by atoms with E-state index in [1.54, 1.807) is 18.9 Å². The second-order valence-electron chi connectivity index (χ2n) is 9.82. The Kier molecular flexibility index (Phi) is 12.0. The molecule has 6 heteroatoms. The number of hydrogen-bond donors (Lipinski definition) is 0. The SMILES string of the molecule is [B]C1=CCC(/C=C/c2cc(OCCC(C)CCCC(C)C)c(/C=C/C3CC=C(Br)S3)cc2OC)S1. The van der Waals surface area contributed by atoms with Crippen LogP contribution < -0.4 is 9.47 Å². The van der Waals surface area contributed by atoms with Gasteiger partial charge in [0.1, 0.15) is 19.3 Å². The molecule has 2 radical (unpaired) electrons. The van der Waals surface area contributed by atoms with Gasteiger partial charge < -0.3 is 9.47 Å². The summed E-state index contributed by atoms with van der Waals surface area (Å²) in [5.74, 6) is 3.23. The van der Waals surface area contributed by atoms with Crippen LogP contribution in [0, 0.1) is 11.8 Å². The van der Waals surface area contributed by atoms with Crippen molar-refractivity contribution in [3.05, 3.63) is 56.2 Å². The third kappa shape index (κ3) is 9.78. The van der Waals surface area contributed by atoms with Gasteiger partial charge in [0, 0.05) is 25.4 Å². The maximum absolute atomic E-state index is 6.40. The maximum atomic E-state index is 6.40. The van der Waals surface area contributed by atoms with Gasteiger partial charge in [-0.25, -0.2) is 0 Å². The predicted molar refractivity (Wildman–Crippen MR) is 162 cm³/mol. The lowest BCUT2D eigenvalue weighted by atomic mass is 9.98. The number of thioether (sulfide) groups is 2. The summed E-state index contributed by atoms with van der Waals surface area (Å²) >= 11 is 7.16. The van der Waals surface area contributed by atoms with Gasteiger partial charge in [0.2, 0.25) is 0 Å². The lowest BCUT2D eigenvalue weighted by Crippen LogP contribution is -2.06. The Morgan fingerprint density at radius 3 is 2.23 bits per heavy atom. The summed E-state index contributed by atoms with van der Waals surface area (Å²) in [6, 6.07) is 4.23. The summed E-state index contributed by atoms with van der Waals surface area (Å²) in [4.78, 5) is 0.907. The van der Waals surface area contributed by atoms with Gasteiger partial charge in [0.25, 0.3) is 0 Å². The minimum Gasteiger partial charge on any atom is -0.496 e. The van der Waals surface area contributed by atoms with Crippen molar-refractivity contribution in [3.63, 3.8) is 0 Å². The highest BCUT2D eigenvalue weighted by Gasteiger charge is 2.16. The standard InChI is InChI=1S/C29H38BBrO2S2/c1-20(2)6-5-7-21(3)16-17-33-27-19-22(8-10-24-12-14-28(30)34-24)26(32-4)18-23(27)9-11-25-13-15-29(31)35-25/h8-11,14-15,18-21,24-25H,5-7,12-13,16-17H2,1-4H3/b10-8+,11-9+. The molecular weight excluding hydrogens is 535 g/mol. The molecular formula is C29H38BBrO2S2. The Bertz CT molecular complexity index is 954. The monoisotopic (exact) mass is 572 g/mol. The number of allylic oxidation sites excluding steroid dienone is 2. The fourth-order valence-corrected chi connectivity index (χ4v) is 6.78. The van der Waals surface area contributed by atoms with E-state index in [-0.39, 0.29) is 0 Å². The van der Waals surface area contributed by atoms with Gasteiger partial charge in [0.15, 0.2) is 0 Å². The summed E-state index contributed by atoms with van der Waals surface area (Å²) in [5.41, 5.74) is 2.10. The second kappa shape index (κ2) is 14.7. The minimum absolute atomic E-state index is 0.376. The molecule has 0 saturated carbocycles. The number of ether oxygens (including phenoxy) is 2. The Morgan fingerprint density at radius 2 is 1.63 bits per heavy atom. The largest absolute Gasteiger partial charge is 0.496 e. The highest BCUT2D eigenvalue weighted by Crippen LogP contribution is 2.38. The zero-order valence-electron chi connectivity index (χ0n) is 21.5. The number of benzene rings is 1. The van der Waals surface area contributed by atoms with E-state index < -0.39 is 0 Å². The Balaban J connectivity index is 1.72. The van der Waals surface area contributed by atoms with Crippen molar-refractivity contribution in [2.24, 2.45) is 11.8 Å². The van der Waals surface area contributed by atoms with E-state index in [0.717, 1.165) is 59.2 Å². The number of hydrogen-bond acceptors (Lipinski definition) is 4. The smallest absolute Gasteiger partial charge is 0.127 e. The average molecular weight is 573 g/mol.